The topological polar surface area (TPSA) is 40.7 Å². The van der Waals surface area contributed by atoms with Crippen LogP contribution in [0.25, 0.3) is 0 Å². The number of nitrogens with one attached hydrogen (secondary N) is 2. The van der Waals surface area contributed by atoms with Gasteiger partial charge in [-0.05, 0) is 6.92 Å². The van der Waals surface area contributed by atoms with Gasteiger partial charge in [0.05, 0.1) is 18.4 Å². The molecule has 0 aliphatic carbocycles. The van der Waals surface area contributed by atoms with Gasteiger partial charge < -0.3 is 10.3 Å². The summed E-state index contributed by atoms with van der Waals surface area (Å²) in [6.45, 7) is 1.50. The predicted molar refractivity (Wildman–Crippen MR) is 56.9 cm³/mol. The van der Waals surface area contributed by atoms with Crippen LogP contribution in [-0.2, 0) is 6.54 Å². The zero-order valence-electron chi connectivity index (χ0n) is 9.62. The van der Waals surface area contributed by atoms with Crippen molar-refractivity contribution < 1.29 is 22.0 Å². The standard InChI is InChI=1S/C11H8F5N3/c1-4-17-2-5(19-4)3-18-11-9(15)7(13)6(12)8(14)10(11)16/h2,18H,3H2,1H3,(H,17,19). The number of aromatic amines is 1. The molecule has 0 aliphatic rings. The first-order chi connectivity index (χ1) is 8.91. The van der Waals surface area contributed by atoms with Crippen LogP contribution in [0.3, 0.4) is 0 Å². The highest BCUT2D eigenvalue weighted by Crippen LogP contribution is 2.27. The van der Waals surface area contributed by atoms with Gasteiger partial charge in [-0.1, -0.05) is 0 Å². The number of rotatable bonds is 3. The number of hydrogen-bond donors (Lipinski definition) is 2. The van der Waals surface area contributed by atoms with Crippen LogP contribution in [0.5, 0.6) is 0 Å². The first-order valence-electron chi connectivity index (χ1n) is 5.17. The molecule has 2 N–H and O–H groups in total. The van der Waals surface area contributed by atoms with Crippen LogP contribution in [0.15, 0.2) is 6.20 Å². The minimum absolute atomic E-state index is 0.154. The van der Waals surface area contributed by atoms with Gasteiger partial charge in [-0.2, -0.15) is 0 Å². The number of imidazole rings is 1. The van der Waals surface area contributed by atoms with Crippen LogP contribution in [0.1, 0.15) is 11.5 Å². The van der Waals surface area contributed by atoms with Gasteiger partial charge in [-0.15, -0.1) is 0 Å². The van der Waals surface area contributed by atoms with Crippen LogP contribution in [-0.4, -0.2) is 9.97 Å². The Balaban J connectivity index is 2.30. The highest BCUT2D eigenvalue weighted by Gasteiger charge is 2.25. The van der Waals surface area contributed by atoms with E-state index in [0.29, 0.717) is 11.5 Å². The molecule has 102 valence electrons. The third-order valence-corrected chi connectivity index (χ3v) is 2.42. The Labute approximate surface area is 104 Å². The Morgan fingerprint density at radius 3 is 2.00 bits per heavy atom. The second-order valence-corrected chi connectivity index (χ2v) is 3.79. The zero-order chi connectivity index (χ0) is 14.2. The van der Waals surface area contributed by atoms with Crippen molar-refractivity contribution in [1.29, 1.82) is 0 Å². The lowest BCUT2D eigenvalue weighted by atomic mass is 10.2. The molecule has 1 heterocycles. The Morgan fingerprint density at radius 2 is 1.53 bits per heavy atom. The molecule has 0 atom stereocenters. The zero-order valence-corrected chi connectivity index (χ0v) is 9.62. The lowest BCUT2D eigenvalue weighted by Crippen LogP contribution is -2.10. The van der Waals surface area contributed by atoms with E-state index in [9.17, 15) is 22.0 Å². The number of anilines is 1. The Kier molecular flexibility index (Phi) is 3.41. The lowest BCUT2D eigenvalue weighted by Gasteiger charge is -2.09. The largest absolute Gasteiger partial charge is 0.374 e. The number of benzene rings is 1. The molecule has 0 aliphatic heterocycles. The number of hydrogen-bond acceptors (Lipinski definition) is 2. The van der Waals surface area contributed by atoms with Crippen molar-refractivity contribution in [2.24, 2.45) is 0 Å². The average molecular weight is 277 g/mol. The fraction of sp³-hybridized carbons (Fsp3) is 0.182. The molecule has 2 aromatic rings. The van der Waals surface area contributed by atoms with Gasteiger partial charge in [-0.25, -0.2) is 26.9 Å². The number of halogens is 5. The molecule has 3 nitrogen and oxygen atoms in total. The molecule has 1 aromatic carbocycles. The van der Waals surface area contributed by atoms with Crippen molar-refractivity contribution >= 4 is 5.69 Å². The van der Waals surface area contributed by atoms with Gasteiger partial charge in [0.1, 0.15) is 11.5 Å². The summed E-state index contributed by atoms with van der Waals surface area (Å²) >= 11 is 0. The molecule has 0 amide bonds. The van der Waals surface area contributed by atoms with E-state index in [2.05, 4.69) is 15.3 Å². The van der Waals surface area contributed by atoms with Crippen LogP contribution in [0.2, 0.25) is 0 Å². The second kappa shape index (κ2) is 4.87. The monoisotopic (exact) mass is 277 g/mol. The predicted octanol–water partition coefficient (Wildman–Crippen LogP) is 3.03. The van der Waals surface area contributed by atoms with Crippen molar-refractivity contribution in [2.75, 3.05) is 5.32 Å². The van der Waals surface area contributed by atoms with E-state index in [4.69, 9.17) is 0 Å². The molecule has 0 radical (unpaired) electrons. The molecule has 0 bridgehead atoms. The van der Waals surface area contributed by atoms with Crippen LogP contribution in [0.4, 0.5) is 27.6 Å². The van der Waals surface area contributed by atoms with Crippen LogP contribution >= 0.6 is 0 Å². The van der Waals surface area contributed by atoms with Gasteiger partial charge in [-0.3, -0.25) is 0 Å². The molecule has 0 saturated carbocycles. The van der Waals surface area contributed by atoms with Crippen molar-refractivity contribution in [3.8, 4) is 0 Å². The normalized spacial score (nSPS) is 10.8. The average Bonchev–Trinajstić information content (AvgIpc) is 2.80. The highest BCUT2D eigenvalue weighted by molar-refractivity contribution is 5.47. The summed E-state index contributed by atoms with van der Waals surface area (Å²) in [5, 5.41) is 2.15. The molecular weight excluding hydrogens is 269 g/mol. The van der Waals surface area contributed by atoms with E-state index in [0.717, 1.165) is 0 Å². The number of nitrogens with zero attached hydrogens (tertiary/aromatic N) is 1. The minimum Gasteiger partial charge on any atom is -0.374 e. The summed E-state index contributed by atoms with van der Waals surface area (Å²) in [6, 6.07) is 0. The quantitative estimate of drug-likeness (QED) is 0.514. The molecule has 0 fully saturated rings. The van der Waals surface area contributed by atoms with Gasteiger partial charge in [0.2, 0.25) is 5.82 Å². The number of aryl methyl sites for hydroxylation is 1. The molecule has 0 saturated heterocycles. The fourth-order valence-corrected chi connectivity index (χ4v) is 1.51. The van der Waals surface area contributed by atoms with E-state index in [1.54, 1.807) is 6.92 Å². The highest BCUT2D eigenvalue weighted by atomic mass is 19.2. The summed E-state index contributed by atoms with van der Waals surface area (Å²) in [5.74, 6) is -9.38. The molecular formula is C11H8F5N3. The van der Waals surface area contributed by atoms with Crippen molar-refractivity contribution in [2.45, 2.75) is 13.5 Å². The van der Waals surface area contributed by atoms with Crippen molar-refractivity contribution in [3.05, 3.63) is 46.8 Å². The van der Waals surface area contributed by atoms with E-state index in [1.807, 2.05) is 0 Å². The van der Waals surface area contributed by atoms with Gasteiger partial charge in [0.25, 0.3) is 0 Å². The molecule has 19 heavy (non-hydrogen) atoms. The van der Waals surface area contributed by atoms with Gasteiger partial charge in [0, 0.05) is 0 Å². The van der Waals surface area contributed by atoms with E-state index in [1.165, 1.54) is 6.20 Å². The third kappa shape index (κ3) is 2.38. The summed E-state index contributed by atoms with van der Waals surface area (Å²) in [7, 11) is 0. The Hall–Kier alpha value is -2.12. The molecule has 0 unspecified atom stereocenters. The summed E-state index contributed by atoms with van der Waals surface area (Å²) in [5.41, 5.74) is -0.620. The molecule has 0 spiro atoms. The third-order valence-electron chi connectivity index (χ3n) is 2.42. The Bertz CT molecular complexity index is 594. The summed E-state index contributed by atoms with van der Waals surface area (Å²) < 4.78 is 65.2. The molecule has 8 heteroatoms. The number of H-pyrrole nitrogens is 1. The Morgan fingerprint density at radius 1 is 1.00 bits per heavy atom. The van der Waals surface area contributed by atoms with E-state index >= 15 is 0 Å². The smallest absolute Gasteiger partial charge is 0.200 e. The maximum Gasteiger partial charge on any atom is 0.200 e. The number of aromatic nitrogens is 2. The molecule has 2 rings (SSSR count). The van der Waals surface area contributed by atoms with Crippen molar-refractivity contribution in [1.82, 2.24) is 9.97 Å². The minimum atomic E-state index is -2.18. The van der Waals surface area contributed by atoms with Crippen LogP contribution in [0, 0.1) is 36.0 Å². The van der Waals surface area contributed by atoms with Gasteiger partial charge >= 0.3 is 0 Å². The summed E-state index contributed by atoms with van der Waals surface area (Å²) in [6.07, 6.45) is 1.38. The summed E-state index contributed by atoms with van der Waals surface area (Å²) in [4.78, 5) is 6.58. The fourth-order valence-electron chi connectivity index (χ4n) is 1.51. The van der Waals surface area contributed by atoms with E-state index < -0.39 is 34.8 Å². The van der Waals surface area contributed by atoms with Gasteiger partial charge in [0.15, 0.2) is 23.3 Å². The first kappa shape index (κ1) is 13.3. The van der Waals surface area contributed by atoms with E-state index in [-0.39, 0.29) is 6.54 Å². The lowest BCUT2D eigenvalue weighted by molar-refractivity contribution is 0.381. The SMILES string of the molecule is Cc1ncc(CNc2c(F)c(F)c(F)c(F)c2F)[nH]1. The second-order valence-electron chi connectivity index (χ2n) is 3.79. The maximum absolute atomic E-state index is 13.3. The van der Waals surface area contributed by atoms with Crippen molar-refractivity contribution in [3.63, 3.8) is 0 Å². The maximum atomic E-state index is 13.3. The first-order valence-corrected chi connectivity index (χ1v) is 5.17. The van der Waals surface area contributed by atoms with Crippen LogP contribution < -0.4 is 5.32 Å². The molecule has 1 aromatic heterocycles.